The molecule has 1 nitrogen and oxygen atoms in total. The van der Waals surface area contributed by atoms with Crippen LogP contribution in [0, 0.1) is 5.92 Å². The summed E-state index contributed by atoms with van der Waals surface area (Å²) in [5, 5.41) is 9.03. The van der Waals surface area contributed by atoms with Crippen LogP contribution in [0.25, 0.3) is 0 Å². The lowest BCUT2D eigenvalue weighted by Gasteiger charge is -2.30. The molecule has 0 unspecified atom stereocenters. The number of halogens is 2. The van der Waals surface area contributed by atoms with Gasteiger partial charge in [-0.2, -0.15) is 0 Å². The van der Waals surface area contributed by atoms with Gasteiger partial charge in [0.15, 0.2) is 0 Å². The van der Waals surface area contributed by atoms with Gasteiger partial charge in [0, 0.05) is 12.8 Å². The van der Waals surface area contributed by atoms with E-state index in [-0.39, 0.29) is 18.8 Å². The molecule has 0 aromatic heterocycles. The Hall–Kier alpha value is -0.180. The number of alkyl halides is 2. The van der Waals surface area contributed by atoms with Crippen molar-refractivity contribution in [2.24, 2.45) is 5.92 Å². The van der Waals surface area contributed by atoms with E-state index in [1.165, 1.54) is 0 Å². The lowest BCUT2D eigenvalue weighted by molar-refractivity contribution is -0.0941. The van der Waals surface area contributed by atoms with E-state index in [4.69, 9.17) is 5.11 Å². The number of aliphatic hydroxyl groups is 1. The van der Waals surface area contributed by atoms with E-state index in [2.05, 4.69) is 0 Å². The van der Waals surface area contributed by atoms with Gasteiger partial charge in [0.05, 0.1) is 6.10 Å². The van der Waals surface area contributed by atoms with Gasteiger partial charge >= 0.3 is 0 Å². The number of hydrogen-bond acceptors (Lipinski definition) is 1. The molecule has 0 aromatic rings. The van der Waals surface area contributed by atoms with Crippen molar-refractivity contribution >= 4 is 0 Å². The third kappa shape index (κ3) is 1.66. The Labute approximate surface area is 59.0 Å². The summed E-state index contributed by atoms with van der Waals surface area (Å²) < 4.78 is 24.9. The van der Waals surface area contributed by atoms with Crippen LogP contribution in [0.1, 0.15) is 26.2 Å². The van der Waals surface area contributed by atoms with Gasteiger partial charge in [0.1, 0.15) is 0 Å². The largest absolute Gasteiger partial charge is 0.393 e. The molecule has 0 aromatic carbocycles. The predicted molar refractivity (Wildman–Crippen MR) is 34.0 cm³/mol. The van der Waals surface area contributed by atoms with Crippen LogP contribution in [0.3, 0.4) is 0 Å². The minimum absolute atomic E-state index is 0.0413. The summed E-state index contributed by atoms with van der Waals surface area (Å²) >= 11 is 0. The summed E-state index contributed by atoms with van der Waals surface area (Å²) in [4.78, 5) is 0. The second-order valence-electron chi connectivity index (χ2n) is 3.14. The molecule has 1 saturated carbocycles. The molecule has 0 radical (unpaired) electrons. The molecule has 0 amide bonds. The zero-order valence-corrected chi connectivity index (χ0v) is 5.98. The molecule has 0 saturated heterocycles. The molecule has 60 valence electrons. The van der Waals surface area contributed by atoms with Crippen LogP contribution >= 0.6 is 0 Å². The molecule has 0 aliphatic heterocycles. The molecule has 1 rings (SSSR count). The van der Waals surface area contributed by atoms with Crippen LogP contribution in [-0.2, 0) is 0 Å². The van der Waals surface area contributed by atoms with Crippen molar-refractivity contribution in [1.29, 1.82) is 0 Å². The molecule has 1 N–H and O–H groups in total. The second-order valence-corrected chi connectivity index (χ2v) is 3.14. The second kappa shape index (κ2) is 2.46. The van der Waals surface area contributed by atoms with Crippen LogP contribution in [0.2, 0.25) is 0 Å². The summed E-state index contributed by atoms with van der Waals surface area (Å²) in [5.41, 5.74) is 0. The van der Waals surface area contributed by atoms with Crippen LogP contribution in [0.5, 0.6) is 0 Å². The molecule has 10 heavy (non-hydrogen) atoms. The normalized spacial score (nSPS) is 39.6. The first-order valence-electron chi connectivity index (χ1n) is 3.57. The Bertz CT molecular complexity index is 125. The standard InChI is InChI=1S/C7H12F2O/c1-5-2-3-7(8,9)4-6(5)10/h5-6,10H,2-4H2,1H3/t5-,6-/m0/s1. The highest BCUT2D eigenvalue weighted by Gasteiger charge is 2.38. The zero-order valence-electron chi connectivity index (χ0n) is 5.98. The van der Waals surface area contributed by atoms with E-state index in [1.807, 2.05) is 0 Å². The van der Waals surface area contributed by atoms with Crippen LogP contribution < -0.4 is 0 Å². The number of aliphatic hydroxyl groups excluding tert-OH is 1. The number of rotatable bonds is 0. The Balaban J connectivity index is 2.49. The van der Waals surface area contributed by atoms with Crippen LogP contribution in [-0.4, -0.2) is 17.1 Å². The summed E-state index contributed by atoms with van der Waals surface area (Å²) in [6.45, 7) is 1.81. The van der Waals surface area contributed by atoms with Crippen molar-refractivity contribution in [3.05, 3.63) is 0 Å². The van der Waals surface area contributed by atoms with E-state index >= 15 is 0 Å². The van der Waals surface area contributed by atoms with Gasteiger partial charge in [-0.3, -0.25) is 0 Å². The highest BCUT2D eigenvalue weighted by atomic mass is 19.3. The van der Waals surface area contributed by atoms with Gasteiger partial charge < -0.3 is 5.11 Å². The minimum Gasteiger partial charge on any atom is -0.393 e. The topological polar surface area (TPSA) is 20.2 Å². The first-order chi connectivity index (χ1) is 4.51. The van der Waals surface area contributed by atoms with Gasteiger partial charge in [-0.1, -0.05) is 6.92 Å². The highest BCUT2D eigenvalue weighted by molar-refractivity contribution is 4.81. The van der Waals surface area contributed by atoms with Gasteiger partial charge in [0.2, 0.25) is 0 Å². The first kappa shape index (κ1) is 7.92. The maximum absolute atomic E-state index is 12.5. The maximum atomic E-state index is 12.5. The fourth-order valence-corrected chi connectivity index (χ4v) is 1.24. The molecular weight excluding hydrogens is 138 g/mol. The fourth-order valence-electron chi connectivity index (χ4n) is 1.24. The highest BCUT2D eigenvalue weighted by Crippen LogP contribution is 2.35. The van der Waals surface area contributed by atoms with Crippen LogP contribution in [0.4, 0.5) is 8.78 Å². The lowest BCUT2D eigenvalue weighted by atomic mass is 9.86. The van der Waals surface area contributed by atoms with Crippen molar-refractivity contribution in [2.45, 2.75) is 38.2 Å². The van der Waals surface area contributed by atoms with E-state index in [0.717, 1.165) is 0 Å². The zero-order chi connectivity index (χ0) is 7.78. The van der Waals surface area contributed by atoms with Gasteiger partial charge in [-0.05, 0) is 12.3 Å². The summed E-state index contributed by atoms with van der Waals surface area (Å²) in [5.74, 6) is -2.58. The lowest BCUT2D eigenvalue weighted by Crippen LogP contribution is -2.34. The first-order valence-corrected chi connectivity index (χ1v) is 3.57. The van der Waals surface area contributed by atoms with Crippen molar-refractivity contribution in [3.63, 3.8) is 0 Å². The van der Waals surface area contributed by atoms with E-state index in [9.17, 15) is 8.78 Å². The average molecular weight is 150 g/mol. The Morgan fingerprint density at radius 1 is 1.50 bits per heavy atom. The summed E-state index contributed by atoms with van der Waals surface area (Å²) in [6.07, 6.45) is -0.781. The van der Waals surface area contributed by atoms with E-state index in [1.54, 1.807) is 6.92 Å². The van der Waals surface area contributed by atoms with Gasteiger partial charge in [-0.15, -0.1) is 0 Å². The average Bonchev–Trinajstić information content (AvgIpc) is 1.79. The molecule has 0 bridgehead atoms. The molecule has 1 fully saturated rings. The molecule has 0 heterocycles. The number of hydrogen-bond donors (Lipinski definition) is 1. The molecule has 1 aliphatic rings. The SMILES string of the molecule is C[C@H]1CCC(F)(F)C[C@@H]1O. The van der Waals surface area contributed by atoms with Gasteiger partial charge in [-0.25, -0.2) is 8.78 Å². The molecular formula is C7H12F2O. The van der Waals surface area contributed by atoms with E-state index < -0.39 is 12.0 Å². The Morgan fingerprint density at radius 2 is 2.10 bits per heavy atom. The van der Waals surface area contributed by atoms with Crippen molar-refractivity contribution < 1.29 is 13.9 Å². The minimum atomic E-state index is -2.62. The molecule has 1 aliphatic carbocycles. The Kier molecular flexibility index (Phi) is 1.95. The van der Waals surface area contributed by atoms with Crippen LogP contribution in [0.15, 0.2) is 0 Å². The molecule has 3 heteroatoms. The third-order valence-electron chi connectivity index (χ3n) is 2.13. The predicted octanol–water partition coefficient (Wildman–Crippen LogP) is 1.80. The smallest absolute Gasteiger partial charge is 0.250 e. The van der Waals surface area contributed by atoms with Crippen molar-refractivity contribution in [2.75, 3.05) is 0 Å². The van der Waals surface area contributed by atoms with E-state index in [0.29, 0.717) is 6.42 Å². The molecule has 2 atom stereocenters. The summed E-state index contributed by atoms with van der Waals surface area (Å²) in [7, 11) is 0. The Morgan fingerprint density at radius 3 is 2.50 bits per heavy atom. The summed E-state index contributed by atoms with van der Waals surface area (Å²) in [6, 6.07) is 0. The molecule has 0 spiro atoms. The quantitative estimate of drug-likeness (QED) is 0.558. The monoisotopic (exact) mass is 150 g/mol. The third-order valence-corrected chi connectivity index (χ3v) is 2.13. The van der Waals surface area contributed by atoms with Crippen molar-refractivity contribution in [1.82, 2.24) is 0 Å². The van der Waals surface area contributed by atoms with Crippen molar-refractivity contribution in [3.8, 4) is 0 Å². The van der Waals surface area contributed by atoms with Gasteiger partial charge in [0.25, 0.3) is 5.92 Å². The maximum Gasteiger partial charge on any atom is 0.250 e. The fraction of sp³-hybridized carbons (Fsp3) is 1.00.